The van der Waals surface area contributed by atoms with Gasteiger partial charge in [-0.1, -0.05) is 13.8 Å². The molecule has 3 N–H and O–H groups in total. The first-order valence-corrected chi connectivity index (χ1v) is 4.18. The molecule has 0 fully saturated rings. The fourth-order valence-electron chi connectivity index (χ4n) is 1.39. The Bertz CT molecular complexity index is 191. The first-order valence-electron chi connectivity index (χ1n) is 4.18. The summed E-state index contributed by atoms with van der Waals surface area (Å²) in [7, 11) is 1.69. The zero-order valence-electron chi connectivity index (χ0n) is 7.92. The van der Waals surface area contributed by atoms with Gasteiger partial charge in [0.15, 0.2) is 5.96 Å². The van der Waals surface area contributed by atoms with Crippen molar-refractivity contribution >= 4 is 5.96 Å². The monoisotopic (exact) mass is 171 g/mol. The van der Waals surface area contributed by atoms with Crippen LogP contribution in [0.15, 0.2) is 4.99 Å². The van der Waals surface area contributed by atoms with Crippen LogP contribution in [0.25, 0.3) is 0 Å². The van der Waals surface area contributed by atoms with Gasteiger partial charge in [0.05, 0.1) is 18.7 Å². The number of rotatable bonds is 3. The summed E-state index contributed by atoms with van der Waals surface area (Å²) in [5.74, 6) is 0.989. The molecule has 1 unspecified atom stereocenters. The number of aliphatic imine (C=N–C) groups is 1. The average Bonchev–Trinajstić information content (AvgIpc) is 2.34. The first kappa shape index (κ1) is 9.32. The molecule has 0 aliphatic carbocycles. The average molecular weight is 171 g/mol. The van der Waals surface area contributed by atoms with Crippen LogP contribution < -0.4 is 11.1 Å². The highest BCUT2D eigenvalue weighted by Gasteiger charge is 2.37. The van der Waals surface area contributed by atoms with Gasteiger partial charge in [-0.25, -0.2) is 0 Å². The van der Waals surface area contributed by atoms with Gasteiger partial charge in [-0.05, 0) is 5.92 Å². The van der Waals surface area contributed by atoms with Crippen molar-refractivity contribution in [2.75, 3.05) is 20.3 Å². The number of hydrogen-bond acceptors (Lipinski definition) is 4. The molecule has 70 valence electrons. The Labute approximate surface area is 73.2 Å². The van der Waals surface area contributed by atoms with Crippen molar-refractivity contribution in [1.82, 2.24) is 5.32 Å². The summed E-state index contributed by atoms with van der Waals surface area (Å²) in [5.41, 5.74) is 5.48. The Morgan fingerprint density at radius 2 is 2.42 bits per heavy atom. The highest BCUT2D eigenvalue weighted by atomic mass is 16.5. The van der Waals surface area contributed by atoms with E-state index < -0.39 is 0 Å². The maximum atomic E-state index is 5.56. The van der Waals surface area contributed by atoms with E-state index in [9.17, 15) is 0 Å². The highest BCUT2D eigenvalue weighted by molar-refractivity contribution is 5.80. The number of nitrogens with one attached hydrogen (secondary N) is 1. The molecule has 0 radical (unpaired) electrons. The number of ether oxygens (including phenoxy) is 1. The standard InChI is InChI=1S/C8H17N3O/c1-6(2)8(5-12-3)4-10-7(9)11-8/h6H,4-5H2,1-3H3,(H3,9,10,11). The molecule has 0 saturated carbocycles. The van der Waals surface area contributed by atoms with Crippen LogP contribution in [-0.2, 0) is 4.74 Å². The minimum Gasteiger partial charge on any atom is -0.382 e. The molecule has 0 bridgehead atoms. The van der Waals surface area contributed by atoms with Gasteiger partial charge in [0.25, 0.3) is 0 Å². The van der Waals surface area contributed by atoms with Gasteiger partial charge in [-0.2, -0.15) is 0 Å². The molecule has 0 aromatic rings. The summed E-state index contributed by atoms with van der Waals surface area (Å²) < 4.78 is 5.15. The summed E-state index contributed by atoms with van der Waals surface area (Å²) in [5, 5.41) is 3.17. The third-order valence-electron chi connectivity index (χ3n) is 2.42. The lowest BCUT2D eigenvalue weighted by molar-refractivity contribution is 0.102. The lowest BCUT2D eigenvalue weighted by atomic mass is 9.88. The van der Waals surface area contributed by atoms with Crippen LogP contribution in [0.1, 0.15) is 13.8 Å². The highest BCUT2D eigenvalue weighted by Crippen LogP contribution is 2.21. The molecule has 4 nitrogen and oxygen atoms in total. The summed E-state index contributed by atoms with van der Waals surface area (Å²) in [6.45, 7) is 5.64. The number of hydrogen-bond donors (Lipinski definition) is 2. The van der Waals surface area contributed by atoms with E-state index in [-0.39, 0.29) is 5.54 Å². The van der Waals surface area contributed by atoms with Crippen LogP contribution >= 0.6 is 0 Å². The van der Waals surface area contributed by atoms with Gasteiger partial charge in [-0.15, -0.1) is 0 Å². The number of nitrogens with zero attached hydrogens (tertiary/aromatic N) is 1. The largest absolute Gasteiger partial charge is 0.382 e. The van der Waals surface area contributed by atoms with E-state index >= 15 is 0 Å². The van der Waals surface area contributed by atoms with Crippen molar-refractivity contribution in [1.29, 1.82) is 0 Å². The normalized spacial score (nSPS) is 28.8. The van der Waals surface area contributed by atoms with Crippen molar-refractivity contribution in [3.05, 3.63) is 0 Å². The number of guanidine groups is 1. The lowest BCUT2D eigenvalue weighted by Crippen LogP contribution is -2.55. The molecule has 0 spiro atoms. The molecule has 0 aromatic carbocycles. The van der Waals surface area contributed by atoms with Crippen LogP contribution in [0.5, 0.6) is 0 Å². The van der Waals surface area contributed by atoms with Crippen LogP contribution in [-0.4, -0.2) is 31.8 Å². The van der Waals surface area contributed by atoms with Crippen molar-refractivity contribution in [2.45, 2.75) is 19.4 Å². The van der Waals surface area contributed by atoms with Gasteiger partial charge in [0.2, 0.25) is 0 Å². The molecule has 1 atom stereocenters. The second-order valence-corrected chi connectivity index (χ2v) is 3.57. The van der Waals surface area contributed by atoms with E-state index in [2.05, 4.69) is 24.2 Å². The van der Waals surface area contributed by atoms with Crippen LogP contribution in [0.4, 0.5) is 0 Å². The molecule has 12 heavy (non-hydrogen) atoms. The molecule has 0 saturated heterocycles. The number of nitrogens with two attached hydrogens (primary N) is 1. The zero-order valence-corrected chi connectivity index (χ0v) is 7.92. The fourth-order valence-corrected chi connectivity index (χ4v) is 1.39. The number of methoxy groups -OCH3 is 1. The van der Waals surface area contributed by atoms with Gasteiger partial charge >= 0.3 is 0 Å². The second-order valence-electron chi connectivity index (χ2n) is 3.57. The Morgan fingerprint density at radius 1 is 1.75 bits per heavy atom. The molecule has 1 aliphatic rings. The van der Waals surface area contributed by atoms with Crippen LogP contribution in [0.3, 0.4) is 0 Å². The van der Waals surface area contributed by atoms with E-state index in [1.807, 2.05) is 0 Å². The van der Waals surface area contributed by atoms with E-state index in [0.717, 1.165) is 0 Å². The fraction of sp³-hybridized carbons (Fsp3) is 0.875. The van der Waals surface area contributed by atoms with Crippen molar-refractivity contribution < 1.29 is 4.74 Å². The summed E-state index contributed by atoms with van der Waals surface area (Å²) in [6.07, 6.45) is 0. The molecule has 1 heterocycles. The molecule has 1 rings (SSSR count). The van der Waals surface area contributed by atoms with Crippen molar-refractivity contribution in [3.8, 4) is 0 Å². The SMILES string of the molecule is COCC1(C(C)C)CN=C(N)N1. The predicted octanol–water partition coefficient (Wildman–Crippen LogP) is -0.0545. The van der Waals surface area contributed by atoms with E-state index in [4.69, 9.17) is 10.5 Å². The van der Waals surface area contributed by atoms with Gasteiger partial charge in [0.1, 0.15) is 0 Å². The Hall–Kier alpha value is -0.770. The molecule has 1 aliphatic heterocycles. The minimum absolute atomic E-state index is 0.0845. The van der Waals surface area contributed by atoms with E-state index in [0.29, 0.717) is 25.0 Å². The Kier molecular flexibility index (Phi) is 2.57. The van der Waals surface area contributed by atoms with E-state index in [1.165, 1.54) is 0 Å². The van der Waals surface area contributed by atoms with Crippen LogP contribution in [0, 0.1) is 5.92 Å². The van der Waals surface area contributed by atoms with Crippen LogP contribution in [0.2, 0.25) is 0 Å². The van der Waals surface area contributed by atoms with E-state index in [1.54, 1.807) is 7.11 Å². The van der Waals surface area contributed by atoms with Gasteiger partial charge in [0, 0.05) is 7.11 Å². The van der Waals surface area contributed by atoms with Crippen molar-refractivity contribution in [2.24, 2.45) is 16.6 Å². The quantitative estimate of drug-likeness (QED) is 0.625. The Morgan fingerprint density at radius 3 is 2.75 bits per heavy atom. The first-order chi connectivity index (χ1) is 5.60. The maximum Gasteiger partial charge on any atom is 0.189 e. The van der Waals surface area contributed by atoms with Gasteiger partial charge < -0.3 is 15.8 Å². The summed E-state index contributed by atoms with van der Waals surface area (Å²) >= 11 is 0. The third-order valence-corrected chi connectivity index (χ3v) is 2.42. The van der Waals surface area contributed by atoms with Crippen molar-refractivity contribution in [3.63, 3.8) is 0 Å². The Balaban J connectivity index is 2.64. The smallest absolute Gasteiger partial charge is 0.189 e. The molecular weight excluding hydrogens is 154 g/mol. The zero-order chi connectivity index (χ0) is 9.19. The molecular formula is C8H17N3O. The topological polar surface area (TPSA) is 59.6 Å². The molecule has 0 aromatic heterocycles. The molecule has 4 heteroatoms. The maximum absolute atomic E-state index is 5.56. The predicted molar refractivity (Wildman–Crippen MR) is 49.1 cm³/mol. The molecule has 0 amide bonds. The summed E-state index contributed by atoms with van der Waals surface area (Å²) in [4.78, 5) is 4.13. The summed E-state index contributed by atoms with van der Waals surface area (Å²) in [6, 6.07) is 0. The van der Waals surface area contributed by atoms with Gasteiger partial charge in [-0.3, -0.25) is 4.99 Å². The lowest BCUT2D eigenvalue weighted by Gasteiger charge is -2.32. The second kappa shape index (κ2) is 3.31. The third kappa shape index (κ3) is 1.53. The minimum atomic E-state index is -0.0845.